The van der Waals surface area contributed by atoms with Crippen LogP contribution < -0.4 is 21.1 Å². The quantitative estimate of drug-likeness (QED) is 0.553. The van der Waals surface area contributed by atoms with Crippen LogP contribution in [0.25, 0.3) is 11.3 Å². The van der Waals surface area contributed by atoms with Crippen LogP contribution in [-0.4, -0.2) is 29.5 Å². The lowest BCUT2D eigenvalue weighted by Crippen LogP contribution is -2.31. The minimum Gasteiger partial charge on any atom is -0.492 e. The van der Waals surface area contributed by atoms with Crippen LogP contribution in [0, 0.1) is 11.6 Å². The fourth-order valence-corrected chi connectivity index (χ4v) is 3.31. The smallest absolute Gasteiger partial charge is 0.255 e. The predicted molar refractivity (Wildman–Crippen MR) is 101 cm³/mol. The van der Waals surface area contributed by atoms with Crippen molar-refractivity contribution in [3.05, 3.63) is 53.4 Å². The maximum Gasteiger partial charge on any atom is 0.255 e. The number of fused-ring (bicyclic) bond motifs is 1. The summed E-state index contributed by atoms with van der Waals surface area (Å²) in [4.78, 5) is 19.3. The number of aromatic nitrogens is 2. The zero-order valence-electron chi connectivity index (χ0n) is 14.9. The zero-order valence-corrected chi connectivity index (χ0v) is 14.9. The van der Waals surface area contributed by atoms with Gasteiger partial charge in [0.15, 0.2) is 23.2 Å². The van der Waals surface area contributed by atoms with Gasteiger partial charge >= 0.3 is 0 Å². The Morgan fingerprint density at radius 2 is 2.11 bits per heavy atom. The summed E-state index contributed by atoms with van der Waals surface area (Å²) in [6, 6.07) is 5.81. The van der Waals surface area contributed by atoms with Crippen molar-refractivity contribution >= 4 is 23.1 Å². The van der Waals surface area contributed by atoms with Crippen molar-refractivity contribution in [1.82, 2.24) is 15.3 Å². The Morgan fingerprint density at radius 3 is 2.89 bits per heavy atom. The van der Waals surface area contributed by atoms with Gasteiger partial charge in [-0.2, -0.15) is 0 Å². The number of anilines is 3. The van der Waals surface area contributed by atoms with Gasteiger partial charge in [-0.25, -0.2) is 13.8 Å². The van der Waals surface area contributed by atoms with Crippen molar-refractivity contribution in [2.45, 2.75) is 6.42 Å². The SMILES string of the molecule is COc1c(F)cccc1Nc1c(-c2ccnc(N)c2F)[nH]c2c1C(=O)NCC2. The van der Waals surface area contributed by atoms with Crippen molar-refractivity contribution in [2.75, 3.05) is 24.7 Å². The molecule has 3 aromatic rings. The molecule has 1 amide bonds. The van der Waals surface area contributed by atoms with Crippen LogP contribution in [0.5, 0.6) is 5.75 Å². The van der Waals surface area contributed by atoms with E-state index >= 15 is 0 Å². The molecule has 5 N–H and O–H groups in total. The maximum absolute atomic E-state index is 14.7. The van der Waals surface area contributed by atoms with E-state index in [2.05, 4.69) is 20.6 Å². The largest absolute Gasteiger partial charge is 0.492 e. The maximum atomic E-state index is 14.7. The highest BCUT2D eigenvalue weighted by Gasteiger charge is 2.29. The number of benzene rings is 1. The Labute approximate surface area is 158 Å². The molecule has 7 nitrogen and oxygen atoms in total. The van der Waals surface area contributed by atoms with Crippen LogP contribution in [0.2, 0.25) is 0 Å². The highest BCUT2D eigenvalue weighted by Crippen LogP contribution is 2.40. The molecule has 1 aliphatic rings. The molecule has 28 heavy (non-hydrogen) atoms. The number of hydrogen-bond donors (Lipinski definition) is 4. The van der Waals surface area contributed by atoms with E-state index in [4.69, 9.17) is 10.5 Å². The second kappa shape index (κ2) is 6.84. The van der Waals surface area contributed by atoms with Gasteiger partial charge in [-0.05, 0) is 18.2 Å². The van der Waals surface area contributed by atoms with Crippen LogP contribution in [-0.2, 0) is 6.42 Å². The van der Waals surface area contributed by atoms with E-state index in [1.165, 1.54) is 31.5 Å². The third-order valence-electron chi connectivity index (χ3n) is 4.58. The molecule has 2 aromatic heterocycles. The molecular formula is C19H17F2N5O2. The van der Waals surface area contributed by atoms with Gasteiger partial charge < -0.3 is 26.1 Å². The molecule has 144 valence electrons. The molecule has 0 atom stereocenters. The number of carbonyl (C=O) groups is 1. The van der Waals surface area contributed by atoms with Crippen LogP contribution in [0.15, 0.2) is 30.5 Å². The molecule has 0 saturated heterocycles. The summed E-state index contributed by atoms with van der Waals surface area (Å²) in [7, 11) is 1.34. The molecule has 1 aromatic carbocycles. The van der Waals surface area contributed by atoms with E-state index in [9.17, 15) is 13.6 Å². The van der Waals surface area contributed by atoms with E-state index in [1.54, 1.807) is 6.07 Å². The fourth-order valence-electron chi connectivity index (χ4n) is 3.31. The molecule has 1 aliphatic heterocycles. The molecule has 0 bridgehead atoms. The molecule has 3 heterocycles. The number of pyridine rings is 1. The first-order valence-electron chi connectivity index (χ1n) is 8.54. The summed E-state index contributed by atoms with van der Waals surface area (Å²) in [6.45, 7) is 0.454. The molecule has 9 heteroatoms. The summed E-state index contributed by atoms with van der Waals surface area (Å²) in [5.41, 5.74) is 7.66. The van der Waals surface area contributed by atoms with Crippen LogP contribution in [0.3, 0.4) is 0 Å². The summed E-state index contributed by atoms with van der Waals surface area (Å²) < 4.78 is 33.9. The van der Waals surface area contributed by atoms with Gasteiger partial charge in [-0.1, -0.05) is 6.07 Å². The first-order chi connectivity index (χ1) is 13.5. The molecular weight excluding hydrogens is 368 g/mol. The van der Waals surface area contributed by atoms with Gasteiger partial charge in [-0.3, -0.25) is 4.79 Å². The number of aromatic amines is 1. The number of methoxy groups -OCH3 is 1. The van der Waals surface area contributed by atoms with E-state index < -0.39 is 11.6 Å². The number of para-hydroxylation sites is 1. The van der Waals surface area contributed by atoms with E-state index in [0.29, 0.717) is 41.3 Å². The van der Waals surface area contributed by atoms with Crippen molar-refractivity contribution in [3.63, 3.8) is 0 Å². The number of nitrogens with two attached hydrogens (primary N) is 1. The second-order valence-corrected chi connectivity index (χ2v) is 6.24. The van der Waals surface area contributed by atoms with Crippen molar-refractivity contribution in [2.24, 2.45) is 0 Å². The second-order valence-electron chi connectivity index (χ2n) is 6.24. The Morgan fingerprint density at radius 1 is 1.29 bits per heavy atom. The fraction of sp³-hybridized carbons (Fsp3) is 0.158. The van der Waals surface area contributed by atoms with Crippen molar-refractivity contribution < 1.29 is 18.3 Å². The average molecular weight is 385 g/mol. The third kappa shape index (κ3) is 2.81. The number of H-pyrrole nitrogens is 1. The third-order valence-corrected chi connectivity index (χ3v) is 4.58. The van der Waals surface area contributed by atoms with Crippen molar-refractivity contribution in [3.8, 4) is 17.0 Å². The zero-order chi connectivity index (χ0) is 19.8. The van der Waals surface area contributed by atoms with Gasteiger partial charge in [0.05, 0.1) is 29.7 Å². The standard InChI is InChI=1S/C19H17F2N5O2/c1-28-17-10(20)3-2-4-12(17)26-16-13-11(6-8-24-19(13)27)25-15(16)9-5-7-23-18(22)14(9)21/h2-5,7,25-26H,6,8H2,1H3,(H2,22,23)(H,24,27). The highest BCUT2D eigenvalue weighted by atomic mass is 19.1. The number of nitrogens with zero attached hydrogens (tertiary/aromatic N) is 1. The number of nitrogens with one attached hydrogen (secondary N) is 3. The molecule has 0 saturated carbocycles. The lowest BCUT2D eigenvalue weighted by Gasteiger charge is -2.16. The monoisotopic (exact) mass is 385 g/mol. The summed E-state index contributed by atoms with van der Waals surface area (Å²) >= 11 is 0. The Hall–Kier alpha value is -3.62. The normalized spacial score (nSPS) is 13.0. The number of carbonyl (C=O) groups excluding carboxylic acids is 1. The topological polar surface area (TPSA) is 105 Å². The molecule has 0 radical (unpaired) electrons. The first-order valence-corrected chi connectivity index (χ1v) is 8.54. The van der Waals surface area contributed by atoms with E-state index in [1.807, 2.05) is 0 Å². The Bertz CT molecular complexity index is 1080. The van der Waals surface area contributed by atoms with Gasteiger partial charge in [0.2, 0.25) is 0 Å². The van der Waals surface area contributed by atoms with Crippen LogP contribution >= 0.6 is 0 Å². The van der Waals surface area contributed by atoms with Crippen LogP contribution in [0.1, 0.15) is 16.1 Å². The summed E-state index contributed by atoms with van der Waals surface area (Å²) in [5, 5.41) is 5.79. The van der Waals surface area contributed by atoms with Gasteiger partial charge in [0, 0.05) is 30.4 Å². The number of hydrogen-bond acceptors (Lipinski definition) is 5. The molecule has 0 spiro atoms. The van der Waals surface area contributed by atoms with Crippen LogP contribution in [0.4, 0.5) is 26.0 Å². The number of nitrogen functional groups attached to an aromatic ring is 1. The molecule has 0 unspecified atom stereocenters. The average Bonchev–Trinajstić information content (AvgIpc) is 3.04. The number of rotatable bonds is 4. The number of ether oxygens (including phenoxy) is 1. The van der Waals surface area contributed by atoms with Gasteiger partial charge in [-0.15, -0.1) is 0 Å². The predicted octanol–water partition coefficient (Wildman–Crippen LogP) is 2.98. The van der Waals surface area contributed by atoms with Crippen molar-refractivity contribution in [1.29, 1.82) is 0 Å². The highest BCUT2D eigenvalue weighted by molar-refractivity contribution is 6.06. The molecule has 0 fully saturated rings. The minimum absolute atomic E-state index is 0.0191. The minimum atomic E-state index is -0.712. The Balaban J connectivity index is 1.93. The molecule has 4 rings (SSSR count). The first kappa shape index (κ1) is 17.8. The Kier molecular flexibility index (Phi) is 4.34. The van der Waals surface area contributed by atoms with Gasteiger partial charge in [0.25, 0.3) is 5.91 Å². The molecule has 0 aliphatic carbocycles. The van der Waals surface area contributed by atoms with Gasteiger partial charge in [0.1, 0.15) is 0 Å². The van der Waals surface area contributed by atoms with E-state index in [0.717, 1.165) is 0 Å². The summed E-state index contributed by atoms with van der Waals surface area (Å²) in [6.07, 6.45) is 1.92. The lowest BCUT2D eigenvalue weighted by molar-refractivity contribution is 0.0947. The number of halogens is 2. The lowest BCUT2D eigenvalue weighted by atomic mass is 10.0. The van der Waals surface area contributed by atoms with E-state index in [-0.39, 0.29) is 23.0 Å². The summed E-state index contributed by atoms with van der Waals surface area (Å²) in [5.74, 6) is -1.87. The number of amides is 1.